The fraction of sp³-hybridized carbons (Fsp3) is 0.280. The first-order chi connectivity index (χ1) is 16.3. The molecule has 0 unspecified atom stereocenters. The molecule has 2 aromatic carbocycles. The second kappa shape index (κ2) is 10.2. The number of piperidine rings is 1. The van der Waals surface area contributed by atoms with E-state index in [0.717, 1.165) is 15.9 Å². The summed E-state index contributed by atoms with van der Waals surface area (Å²) >= 11 is 0. The minimum atomic E-state index is -3.88. The van der Waals surface area contributed by atoms with Crippen LogP contribution in [0.4, 0.5) is 10.1 Å². The number of rotatable bonds is 7. The number of amides is 1. The van der Waals surface area contributed by atoms with Crippen molar-refractivity contribution in [2.45, 2.75) is 30.3 Å². The van der Waals surface area contributed by atoms with Gasteiger partial charge in [-0.2, -0.15) is 0 Å². The second-order valence-electron chi connectivity index (χ2n) is 8.16. The SMILES string of the molecule is CN(c1ccc(OC2CCN(C(=O)Cc3cccnc3)CC2)cc1)S(=O)(=O)c1cccc(F)c1. The summed E-state index contributed by atoms with van der Waals surface area (Å²) in [5, 5.41) is 0. The van der Waals surface area contributed by atoms with Crippen molar-refractivity contribution in [3.05, 3.63) is 84.4 Å². The quantitative estimate of drug-likeness (QED) is 0.513. The van der Waals surface area contributed by atoms with E-state index in [-0.39, 0.29) is 16.9 Å². The van der Waals surface area contributed by atoms with E-state index in [1.807, 2.05) is 17.0 Å². The lowest BCUT2D eigenvalue weighted by Gasteiger charge is -2.32. The fourth-order valence-corrected chi connectivity index (χ4v) is 5.09. The zero-order valence-electron chi connectivity index (χ0n) is 18.8. The van der Waals surface area contributed by atoms with Crippen LogP contribution in [0.3, 0.4) is 0 Å². The predicted molar refractivity (Wildman–Crippen MR) is 127 cm³/mol. The van der Waals surface area contributed by atoms with E-state index >= 15 is 0 Å². The number of aromatic nitrogens is 1. The molecule has 1 fully saturated rings. The summed E-state index contributed by atoms with van der Waals surface area (Å²) in [6.45, 7) is 1.24. The van der Waals surface area contributed by atoms with Crippen LogP contribution in [0.1, 0.15) is 18.4 Å². The highest BCUT2D eigenvalue weighted by molar-refractivity contribution is 7.92. The lowest BCUT2D eigenvalue weighted by Crippen LogP contribution is -2.42. The zero-order valence-corrected chi connectivity index (χ0v) is 19.6. The summed E-state index contributed by atoms with van der Waals surface area (Å²) < 4.78 is 46.2. The Kier molecular flexibility index (Phi) is 7.12. The molecule has 0 aliphatic carbocycles. The number of ether oxygens (including phenoxy) is 1. The highest BCUT2D eigenvalue weighted by atomic mass is 32.2. The largest absolute Gasteiger partial charge is 0.490 e. The minimum Gasteiger partial charge on any atom is -0.490 e. The predicted octanol–water partition coefficient (Wildman–Crippen LogP) is 3.66. The fourth-order valence-electron chi connectivity index (χ4n) is 3.86. The lowest BCUT2D eigenvalue weighted by molar-refractivity contribution is -0.132. The molecule has 2 heterocycles. The maximum Gasteiger partial charge on any atom is 0.264 e. The second-order valence-corrected chi connectivity index (χ2v) is 10.1. The Hall–Kier alpha value is -3.46. The molecule has 9 heteroatoms. The lowest BCUT2D eigenvalue weighted by atomic mass is 10.1. The van der Waals surface area contributed by atoms with E-state index in [1.54, 1.807) is 36.7 Å². The first-order valence-electron chi connectivity index (χ1n) is 11.0. The van der Waals surface area contributed by atoms with E-state index in [0.29, 0.717) is 43.8 Å². The van der Waals surface area contributed by atoms with Crippen molar-refractivity contribution in [2.75, 3.05) is 24.4 Å². The van der Waals surface area contributed by atoms with E-state index < -0.39 is 15.8 Å². The topological polar surface area (TPSA) is 79.8 Å². The Balaban J connectivity index is 1.31. The van der Waals surface area contributed by atoms with Crippen LogP contribution in [0.25, 0.3) is 0 Å². The summed E-state index contributed by atoms with van der Waals surface area (Å²) in [5.41, 5.74) is 1.34. The molecular weight excluding hydrogens is 457 g/mol. The van der Waals surface area contributed by atoms with Gasteiger partial charge in [0.05, 0.1) is 17.0 Å². The van der Waals surface area contributed by atoms with E-state index in [4.69, 9.17) is 4.74 Å². The third kappa shape index (κ3) is 5.53. The summed E-state index contributed by atoms with van der Waals surface area (Å²) in [4.78, 5) is 18.3. The third-order valence-corrected chi connectivity index (χ3v) is 7.61. The molecule has 1 saturated heterocycles. The van der Waals surface area contributed by atoms with Crippen molar-refractivity contribution in [3.8, 4) is 5.75 Å². The van der Waals surface area contributed by atoms with Crippen LogP contribution in [0.2, 0.25) is 0 Å². The van der Waals surface area contributed by atoms with Crippen LogP contribution in [-0.2, 0) is 21.2 Å². The molecule has 1 aromatic heterocycles. The number of halogens is 1. The van der Waals surface area contributed by atoms with Crippen LogP contribution >= 0.6 is 0 Å². The number of anilines is 1. The molecule has 0 saturated carbocycles. The van der Waals surface area contributed by atoms with Gasteiger partial charge in [-0.05, 0) is 54.1 Å². The van der Waals surface area contributed by atoms with E-state index in [9.17, 15) is 17.6 Å². The van der Waals surface area contributed by atoms with Crippen molar-refractivity contribution in [3.63, 3.8) is 0 Å². The van der Waals surface area contributed by atoms with Crippen LogP contribution in [0.5, 0.6) is 5.75 Å². The molecule has 4 rings (SSSR count). The summed E-state index contributed by atoms with van der Waals surface area (Å²) in [5.74, 6) is 0.0989. The number of carbonyl (C=O) groups is 1. The molecule has 34 heavy (non-hydrogen) atoms. The molecule has 0 bridgehead atoms. The highest BCUT2D eigenvalue weighted by Crippen LogP contribution is 2.26. The Morgan fingerprint density at radius 1 is 1.12 bits per heavy atom. The molecule has 3 aromatic rings. The molecule has 0 spiro atoms. The van der Waals surface area contributed by atoms with Gasteiger partial charge in [0, 0.05) is 45.4 Å². The normalized spacial score (nSPS) is 14.6. The van der Waals surface area contributed by atoms with Gasteiger partial charge in [-0.25, -0.2) is 12.8 Å². The molecule has 7 nitrogen and oxygen atoms in total. The Morgan fingerprint density at radius 2 is 1.85 bits per heavy atom. The number of likely N-dealkylation sites (tertiary alicyclic amines) is 1. The van der Waals surface area contributed by atoms with Gasteiger partial charge in [-0.3, -0.25) is 14.1 Å². The average molecular weight is 484 g/mol. The minimum absolute atomic E-state index is 0.0259. The Bertz CT molecular complexity index is 1230. The van der Waals surface area contributed by atoms with Crippen LogP contribution in [0.15, 0.2) is 78.0 Å². The zero-order chi connectivity index (χ0) is 24.1. The maximum atomic E-state index is 13.5. The standard InChI is InChI=1S/C25H26FN3O4S/c1-28(34(31,32)24-6-2-5-20(26)17-24)21-7-9-22(10-8-21)33-23-11-14-29(15-12-23)25(30)16-19-4-3-13-27-18-19/h2-10,13,17-18,23H,11-12,14-16H2,1H3. The van der Waals surface area contributed by atoms with Crippen LogP contribution < -0.4 is 9.04 Å². The Morgan fingerprint density at radius 3 is 2.50 bits per heavy atom. The summed E-state index contributed by atoms with van der Waals surface area (Å²) in [6.07, 6.45) is 5.14. The number of benzene rings is 2. The number of hydrogen-bond acceptors (Lipinski definition) is 5. The van der Waals surface area contributed by atoms with Crippen molar-refractivity contribution < 1.29 is 22.3 Å². The van der Waals surface area contributed by atoms with Gasteiger partial charge >= 0.3 is 0 Å². The maximum absolute atomic E-state index is 13.5. The third-order valence-electron chi connectivity index (χ3n) is 5.83. The number of sulfonamides is 1. The van der Waals surface area contributed by atoms with E-state index in [2.05, 4.69) is 4.98 Å². The molecular formula is C25H26FN3O4S. The molecule has 1 aliphatic rings. The molecule has 0 N–H and O–H groups in total. The van der Waals surface area contributed by atoms with Crippen LogP contribution in [-0.4, -0.2) is 50.5 Å². The summed E-state index contributed by atoms with van der Waals surface area (Å²) in [7, 11) is -2.46. The van der Waals surface area contributed by atoms with Gasteiger partial charge in [-0.15, -0.1) is 0 Å². The van der Waals surface area contributed by atoms with Gasteiger partial charge in [0.2, 0.25) is 5.91 Å². The van der Waals surface area contributed by atoms with Crippen molar-refractivity contribution in [2.24, 2.45) is 0 Å². The Labute approximate surface area is 198 Å². The molecule has 0 radical (unpaired) electrons. The molecule has 1 amide bonds. The average Bonchev–Trinajstić information content (AvgIpc) is 2.85. The first kappa shape index (κ1) is 23.7. The number of nitrogens with zero attached hydrogens (tertiary/aromatic N) is 3. The number of pyridine rings is 1. The van der Waals surface area contributed by atoms with Crippen molar-refractivity contribution in [1.82, 2.24) is 9.88 Å². The van der Waals surface area contributed by atoms with Gasteiger partial charge < -0.3 is 9.64 Å². The number of carbonyl (C=O) groups excluding carboxylic acids is 1. The monoisotopic (exact) mass is 483 g/mol. The molecule has 0 atom stereocenters. The number of hydrogen-bond donors (Lipinski definition) is 0. The van der Waals surface area contributed by atoms with Gasteiger partial charge in [0.1, 0.15) is 17.7 Å². The summed E-state index contributed by atoms with van der Waals surface area (Å²) in [6, 6.07) is 15.4. The molecule has 178 valence electrons. The van der Waals surface area contributed by atoms with Crippen LogP contribution in [0, 0.1) is 5.82 Å². The van der Waals surface area contributed by atoms with E-state index in [1.165, 1.54) is 25.2 Å². The smallest absolute Gasteiger partial charge is 0.264 e. The van der Waals surface area contributed by atoms with Gasteiger partial charge in [0.25, 0.3) is 10.0 Å². The van der Waals surface area contributed by atoms with Crippen molar-refractivity contribution in [1.29, 1.82) is 0 Å². The van der Waals surface area contributed by atoms with Gasteiger partial charge in [0.15, 0.2) is 0 Å². The highest BCUT2D eigenvalue weighted by Gasteiger charge is 2.25. The van der Waals surface area contributed by atoms with Gasteiger partial charge in [-0.1, -0.05) is 12.1 Å². The first-order valence-corrected chi connectivity index (χ1v) is 12.4. The molecule has 1 aliphatic heterocycles. The van der Waals surface area contributed by atoms with Crippen molar-refractivity contribution >= 4 is 21.6 Å².